The minimum atomic E-state index is 0.0906. The van der Waals surface area contributed by atoms with Crippen LogP contribution in [0.5, 0.6) is 0 Å². The number of piperidine rings is 1. The summed E-state index contributed by atoms with van der Waals surface area (Å²) >= 11 is 11.4. The van der Waals surface area contributed by atoms with E-state index in [-0.39, 0.29) is 6.03 Å². The van der Waals surface area contributed by atoms with E-state index in [0.29, 0.717) is 30.8 Å². The molecule has 1 unspecified atom stereocenters. The molecule has 1 fully saturated rings. The largest absolute Gasteiger partial charge is 0.324 e. The van der Waals surface area contributed by atoms with Crippen molar-refractivity contribution in [1.29, 1.82) is 0 Å². The number of carbonyl (C=O) groups is 1. The quantitative estimate of drug-likeness (QED) is 0.718. The average Bonchev–Trinajstić information content (AvgIpc) is 2.28. The lowest BCUT2D eigenvalue weighted by molar-refractivity contribution is 0.135. The number of nitrogens with zero attached hydrogens (tertiary/aromatic N) is 2. The zero-order valence-electron chi connectivity index (χ0n) is 9.79. The molecule has 0 aromatic heterocycles. The normalized spacial score (nSPS) is 20.9. The highest BCUT2D eigenvalue weighted by Crippen LogP contribution is 2.16. The number of carbonyl (C=O) groups excluding carboxylic acids is 1. The van der Waals surface area contributed by atoms with Crippen LogP contribution in [0.4, 0.5) is 4.79 Å². The summed E-state index contributed by atoms with van der Waals surface area (Å²) in [5.74, 6) is 1.53. The first-order valence-corrected chi connectivity index (χ1v) is 6.91. The van der Waals surface area contributed by atoms with Gasteiger partial charge < -0.3 is 9.80 Å². The summed E-state index contributed by atoms with van der Waals surface area (Å²) in [7, 11) is 0. The Labute approximate surface area is 108 Å². The average molecular weight is 267 g/mol. The molecule has 0 radical (unpaired) electrons. The molecule has 1 heterocycles. The third-order valence-corrected chi connectivity index (χ3v) is 3.24. The van der Waals surface area contributed by atoms with Crippen molar-refractivity contribution < 1.29 is 4.79 Å². The van der Waals surface area contributed by atoms with Gasteiger partial charge in [0.15, 0.2) is 0 Å². The Morgan fingerprint density at radius 3 is 2.50 bits per heavy atom. The van der Waals surface area contributed by atoms with Crippen molar-refractivity contribution in [3.63, 3.8) is 0 Å². The number of alkyl halides is 2. The number of likely N-dealkylation sites (tertiary alicyclic amines) is 1. The molecule has 94 valence electrons. The summed E-state index contributed by atoms with van der Waals surface area (Å²) in [5.41, 5.74) is 0. The van der Waals surface area contributed by atoms with Crippen molar-refractivity contribution in [2.45, 2.75) is 19.8 Å². The number of hydrogen-bond acceptors (Lipinski definition) is 1. The Balaban J connectivity index is 2.51. The zero-order chi connectivity index (χ0) is 12.0. The molecule has 1 aliphatic rings. The lowest BCUT2D eigenvalue weighted by atomic mass is 10.0. The highest BCUT2D eigenvalue weighted by atomic mass is 35.5. The molecule has 1 saturated heterocycles. The Kier molecular flexibility index (Phi) is 6.29. The molecule has 1 aliphatic heterocycles. The van der Waals surface area contributed by atoms with Gasteiger partial charge in [-0.2, -0.15) is 0 Å². The fourth-order valence-electron chi connectivity index (χ4n) is 2.07. The molecule has 0 N–H and O–H groups in total. The van der Waals surface area contributed by atoms with Crippen LogP contribution < -0.4 is 0 Å². The molecule has 0 aromatic carbocycles. The van der Waals surface area contributed by atoms with Gasteiger partial charge in [0.1, 0.15) is 0 Å². The summed E-state index contributed by atoms with van der Waals surface area (Å²) in [4.78, 5) is 15.8. The van der Waals surface area contributed by atoms with Gasteiger partial charge in [-0.1, -0.05) is 6.92 Å². The topological polar surface area (TPSA) is 23.6 Å². The van der Waals surface area contributed by atoms with Gasteiger partial charge in [-0.3, -0.25) is 0 Å². The van der Waals surface area contributed by atoms with Crippen molar-refractivity contribution in [2.75, 3.05) is 37.9 Å². The van der Waals surface area contributed by atoms with E-state index < -0.39 is 0 Å². The first-order valence-electron chi connectivity index (χ1n) is 5.84. The highest BCUT2D eigenvalue weighted by Gasteiger charge is 2.24. The molecule has 0 bridgehead atoms. The smallest absolute Gasteiger partial charge is 0.320 e. The number of urea groups is 1. The molecule has 0 saturated carbocycles. The van der Waals surface area contributed by atoms with E-state index in [1.165, 1.54) is 6.42 Å². The van der Waals surface area contributed by atoms with Crippen molar-refractivity contribution in [2.24, 2.45) is 5.92 Å². The van der Waals surface area contributed by atoms with Crippen LogP contribution in [0.2, 0.25) is 0 Å². The van der Waals surface area contributed by atoms with Crippen LogP contribution in [0.3, 0.4) is 0 Å². The van der Waals surface area contributed by atoms with E-state index >= 15 is 0 Å². The summed E-state index contributed by atoms with van der Waals surface area (Å²) in [5, 5.41) is 0. The van der Waals surface area contributed by atoms with E-state index in [2.05, 4.69) is 6.92 Å². The Morgan fingerprint density at radius 2 is 2.00 bits per heavy atom. The maximum Gasteiger partial charge on any atom is 0.320 e. The molecule has 1 rings (SSSR count). The van der Waals surface area contributed by atoms with E-state index in [4.69, 9.17) is 23.2 Å². The molecule has 0 aliphatic carbocycles. The van der Waals surface area contributed by atoms with Gasteiger partial charge in [0.25, 0.3) is 0 Å². The van der Waals surface area contributed by atoms with Crippen molar-refractivity contribution >= 4 is 29.2 Å². The minimum absolute atomic E-state index is 0.0906. The lowest BCUT2D eigenvalue weighted by Gasteiger charge is -2.35. The first-order chi connectivity index (χ1) is 7.69. The Bertz CT molecular complexity index is 213. The molecule has 16 heavy (non-hydrogen) atoms. The van der Waals surface area contributed by atoms with Crippen LogP contribution in [0, 0.1) is 5.92 Å². The molecule has 3 nitrogen and oxygen atoms in total. The SMILES string of the molecule is CC1CCCN(C(=O)N(CCCl)CCCl)C1. The predicted octanol–water partition coefficient (Wildman–Crippen LogP) is 2.62. The second-order valence-electron chi connectivity index (χ2n) is 4.34. The summed E-state index contributed by atoms with van der Waals surface area (Å²) in [6.07, 6.45) is 2.32. The Morgan fingerprint density at radius 1 is 1.38 bits per heavy atom. The zero-order valence-corrected chi connectivity index (χ0v) is 11.3. The fourth-order valence-corrected chi connectivity index (χ4v) is 2.48. The van der Waals surface area contributed by atoms with Gasteiger partial charge in [0, 0.05) is 37.9 Å². The van der Waals surface area contributed by atoms with Crippen molar-refractivity contribution in [3.8, 4) is 0 Å². The molecule has 2 amide bonds. The Hall–Kier alpha value is -0.150. The molecular weight excluding hydrogens is 247 g/mol. The second kappa shape index (κ2) is 7.23. The van der Waals surface area contributed by atoms with Crippen molar-refractivity contribution in [1.82, 2.24) is 9.80 Å². The third kappa shape index (κ3) is 4.02. The standard InChI is InChI=1S/C11H20Cl2N2O/c1-10-3-2-6-15(9-10)11(16)14(7-4-12)8-5-13/h10H,2-9H2,1H3. The molecular formula is C11H20Cl2N2O. The second-order valence-corrected chi connectivity index (χ2v) is 5.10. The minimum Gasteiger partial charge on any atom is -0.324 e. The molecule has 0 spiro atoms. The van der Waals surface area contributed by atoms with Gasteiger partial charge in [-0.05, 0) is 18.8 Å². The van der Waals surface area contributed by atoms with Gasteiger partial charge in [-0.15, -0.1) is 23.2 Å². The highest BCUT2D eigenvalue weighted by molar-refractivity contribution is 6.18. The van der Waals surface area contributed by atoms with E-state index in [1.807, 2.05) is 4.90 Å². The fraction of sp³-hybridized carbons (Fsp3) is 0.909. The molecule has 5 heteroatoms. The van der Waals surface area contributed by atoms with Crippen LogP contribution >= 0.6 is 23.2 Å². The van der Waals surface area contributed by atoms with Crippen LogP contribution in [0.25, 0.3) is 0 Å². The van der Waals surface area contributed by atoms with Gasteiger partial charge >= 0.3 is 6.03 Å². The summed E-state index contributed by atoms with van der Waals surface area (Å²) < 4.78 is 0. The maximum absolute atomic E-state index is 12.2. The van der Waals surface area contributed by atoms with Crippen LogP contribution in [-0.4, -0.2) is 53.8 Å². The van der Waals surface area contributed by atoms with Crippen LogP contribution in [0.15, 0.2) is 0 Å². The third-order valence-electron chi connectivity index (χ3n) is 2.91. The maximum atomic E-state index is 12.2. The van der Waals surface area contributed by atoms with Crippen LogP contribution in [-0.2, 0) is 0 Å². The van der Waals surface area contributed by atoms with Gasteiger partial charge in [0.2, 0.25) is 0 Å². The van der Waals surface area contributed by atoms with E-state index in [0.717, 1.165) is 19.5 Å². The predicted molar refractivity (Wildman–Crippen MR) is 68.4 cm³/mol. The summed E-state index contributed by atoms with van der Waals surface area (Å²) in [6.45, 7) is 5.08. The molecule has 1 atom stereocenters. The number of hydrogen-bond donors (Lipinski definition) is 0. The lowest BCUT2D eigenvalue weighted by Crippen LogP contribution is -2.48. The number of halogens is 2. The van der Waals surface area contributed by atoms with Gasteiger partial charge in [-0.25, -0.2) is 4.79 Å². The van der Waals surface area contributed by atoms with Crippen molar-refractivity contribution in [3.05, 3.63) is 0 Å². The number of rotatable bonds is 4. The van der Waals surface area contributed by atoms with E-state index in [1.54, 1.807) is 4.90 Å². The summed E-state index contributed by atoms with van der Waals surface area (Å²) in [6, 6.07) is 0.0906. The first kappa shape index (κ1) is 13.9. The van der Waals surface area contributed by atoms with E-state index in [9.17, 15) is 4.79 Å². The van der Waals surface area contributed by atoms with Gasteiger partial charge in [0.05, 0.1) is 0 Å². The molecule has 0 aromatic rings. The monoisotopic (exact) mass is 266 g/mol. The number of amides is 2. The van der Waals surface area contributed by atoms with Crippen LogP contribution in [0.1, 0.15) is 19.8 Å².